The predicted octanol–water partition coefficient (Wildman–Crippen LogP) is 12.2. The van der Waals surface area contributed by atoms with Gasteiger partial charge in [0.25, 0.3) is 0 Å². The minimum atomic E-state index is -0.0559. The minimum Gasteiger partial charge on any atom is -0.0622 e. The topological polar surface area (TPSA) is 0 Å². The van der Waals surface area contributed by atoms with Crippen molar-refractivity contribution in [2.75, 3.05) is 0 Å². The first-order valence-corrected chi connectivity index (χ1v) is 15.7. The molecule has 0 atom stereocenters. The Labute approximate surface area is 260 Å². The summed E-state index contributed by atoms with van der Waals surface area (Å²) in [6.45, 7) is 11.5. The number of hydrogen-bond donors (Lipinski definition) is 0. The van der Waals surface area contributed by atoms with Crippen LogP contribution in [0.3, 0.4) is 0 Å². The SMILES string of the molecule is Cc1cc(-c2c3ccccc3c(-c3cccc4c3-c3ccccc3C4(C)C)c3cc(-c4ccccc4)ccc23)cc(C)c1C. The fourth-order valence-electron chi connectivity index (χ4n) is 7.73. The van der Waals surface area contributed by atoms with Crippen LogP contribution in [0.2, 0.25) is 0 Å². The van der Waals surface area contributed by atoms with E-state index in [-0.39, 0.29) is 5.41 Å². The molecule has 0 saturated heterocycles. The van der Waals surface area contributed by atoms with Crippen LogP contribution >= 0.6 is 0 Å². The van der Waals surface area contributed by atoms with Crippen LogP contribution in [0.15, 0.2) is 127 Å². The predicted molar refractivity (Wildman–Crippen MR) is 190 cm³/mol. The molecule has 1 aliphatic rings. The molecule has 0 radical (unpaired) electrons. The zero-order valence-electron chi connectivity index (χ0n) is 26.1. The zero-order valence-corrected chi connectivity index (χ0v) is 26.1. The second-order valence-corrected chi connectivity index (χ2v) is 13.1. The van der Waals surface area contributed by atoms with Crippen molar-refractivity contribution in [3.8, 4) is 44.5 Å². The molecule has 0 spiro atoms. The van der Waals surface area contributed by atoms with E-state index in [0.29, 0.717) is 0 Å². The Hall–Kier alpha value is -4.94. The smallest absolute Gasteiger partial charge is 0.0159 e. The molecule has 0 heteroatoms. The minimum absolute atomic E-state index is 0.0559. The van der Waals surface area contributed by atoms with Crippen molar-refractivity contribution in [2.24, 2.45) is 0 Å². The molecule has 0 bridgehead atoms. The van der Waals surface area contributed by atoms with Crippen LogP contribution in [0.4, 0.5) is 0 Å². The van der Waals surface area contributed by atoms with Gasteiger partial charge in [-0.05, 0) is 121 Å². The summed E-state index contributed by atoms with van der Waals surface area (Å²) < 4.78 is 0. The molecule has 1 aliphatic carbocycles. The highest BCUT2D eigenvalue weighted by Crippen LogP contribution is 2.54. The number of rotatable bonds is 3. The molecule has 7 aromatic rings. The average Bonchev–Trinajstić information content (AvgIpc) is 3.29. The molecule has 8 rings (SSSR count). The van der Waals surface area contributed by atoms with Crippen molar-refractivity contribution in [1.29, 1.82) is 0 Å². The van der Waals surface area contributed by atoms with Gasteiger partial charge in [0.1, 0.15) is 0 Å². The largest absolute Gasteiger partial charge is 0.0622 e. The molecule has 0 heterocycles. The van der Waals surface area contributed by atoms with Gasteiger partial charge in [-0.2, -0.15) is 0 Å². The normalized spacial score (nSPS) is 13.3. The van der Waals surface area contributed by atoms with Crippen molar-refractivity contribution in [3.05, 3.63) is 155 Å². The summed E-state index contributed by atoms with van der Waals surface area (Å²) in [6, 6.07) is 47.7. The molecule has 0 unspecified atom stereocenters. The van der Waals surface area contributed by atoms with E-state index >= 15 is 0 Å². The molecule has 0 fully saturated rings. The zero-order chi connectivity index (χ0) is 30.2. The van der Waals surface area contributed by atoms with Gasteiger partial charge in [-0.15, -0.1) is 0 Å². The number of aryl methyl sites for hydroxylation is 2. The van der Waals surface area contributed by atoms with Crippen molar-refractivity contribution in [2.45, 2.75) is 40.0 Å². The lowest BCUT2D eigenvalue weighted by Gasteiger charge is -2.23. The first kappa shape index (κ1) is 26.7. The van der Waals surface area contributed by atoms with E-state index in [4.69, 9.17) is 0 Å². The Morgan fingerprint density at radius 3 is 1.73 bits per heavy atom. The Bertz CT molecular complexity index is 2240. The lowest BCUT2D eigenvalue weighted by Crippen LogP contribution is -2.14. The van der Waals surface area contributed by atoms with Crippen LogP contribution in [-0.2, 0) is 5.41 Å². The molecule has 0 aliphatic heterocycles. The highest BCUT2D eigenvalue weighted by Gasteiger charge is 2.37. The van der Waals surface area contributed by atoms with Gasteiger partial charge in [0.2, 0.25) is 0 Å². The Morgan fingerprint density at radius 1 is 0.386 bits per heavy atom. The van der Waals surface area contributed by atoms with Crippen molar-refractivity contribution in [1.82, 2.24) is 0 Å². The van der Waals surface area contributed by atoms with E-state index in [2.05, 4.69) is 162 Å². The Morgan fingerprint density at radius 2 is 0.977 bits per heavy atom. The van der Waals surface area contributed by atoms with E-state index in [9.17, 15) is 0 Å². The van der Waals surface area contributed by atoms with E-state index in [1.807, 2.05) is 0 Å². The van der Waals surface area contributed by atoms with Crippen LogP contribution in [0.25, 0.3) is 66.1 Å². The maximum atomic E-state index is 2.44. The van der Waals surface area contributed by atoms with E-state index < -0.39 is 0 Å². The summed E-state index contributed by atoms with van der Waals surface area (Å²) in [5, 5.41) is 5.19. The number of fused-ring (bicyclic) bond motifs is 5. The standard InChI is InChI=1S/C44H36/c1-27-24-32(25-28(2)29(27)3)41-33-16-9-10-17-34(33)42(38-26-31(22-23-35(38)41)30-14-7-6-8-15-30)37-19-13-21-40-43(37)36-18-11-12-20-39(36)44(40,4)5/h6-26H,1-5H3. The number of hydrogen-bond acceptors (Lipinski definition) is 0. The average molecular weight is 565 g/mol. The van der Waals surface area contributed by atoms with Gasteiger partial charge >= 0.3 is 0 Å². The van der Waals surface area contributed by atoms with Crippen molar-refractivity contribution in [3.63, 3.8) is 0 Å². The van der Waals surface area contributed by atoms with Gasteiger partial charge in [-0.3, -0.25) is 0 Å². The summed E-state index contributed by atoms with van der Waals surface area (Å²) >= 11 is 0. The molecule has 0 aromatic heterocycles. The molecule has 0 nitrogen and oxygen atoms in total. The van der Waals surface area contributed by atoms with Gasteiger partial charge in [0.15, 0.2) is 0 Å². The van der Waals surface area contributed by atoms with Crippen molar-refractivity contribution >= 4 is 21.5 Å². The second kappa shape index (κ2) is 9.79. The van der Waals surface area contributed by atoms with Crippen LogP contribution in [-0.4, -0.2) is 0 Å². The lowest BCUT2D eigenvalue weighted by molar-refractivity contribution is 0.660. The molecule has 0 amide bonds. The van der Waals surface area contributed by atoms with Gasteiger partial charge in [-0.1, -0.05) is 135 Å². The highest BCUT2D eigenvalue weighted by atomic mass is 14.4. The molecule has 212 valence electrons. The molecule has 0 saturated carbocycles. The summed E-state index contributed by atoms with van der Waals surface area (Å²) in [4.78, 5) is 0. The Kier molecular flexibility index (Phi) is 5.94. The molecular weight excluding hydrogens is 528 g/mol. The third kappa shape index (κ3) is 3.84. The third-order valence-electron chi connectivity index (χ3n) is 10.2. The van der Waals surface area contributed by atoms with Gasteiger partial charge in [0.05, 0.1) is 0 Å². The van der Waals surface area contributed by atoms with Crippen LogP contribution in [0.1, 0.15) is 41.7 Å². The summed E-state index contributed by atoms with van der Waals surface area (Å²) in [7, 11) is 0. The fourth-order valence-corrected chi connectivity index (χ4v) is 7.73. The summed E-state index contributed by atoms with van der Waals surface area (Å²) in [5.74, 6) is 0. The molecule has 0 N–H and O–H groups in total. The summed E-state index contributed by atoms with van der Waals surface area (Å²) in [5.41, 5.74) is 17.2. The molecule has 44 heavy (non-hydrogen) atoms. The van der Waals surface area contributed by atoms with E-state index in [0.717, 1.165) is 0 Å². The number of benzene rings is 7. The maximum absolute atomic E-state index is 2.44. The van der Waals surface area contributed by atoms with Crippen molar-refractivity contribution < 1.29 is 0 Å². The van der Waals surface area contributed by atoms with Crippen LogP contribution < -0.4 is 0 Å². The second-order valence-electron chi connectivity index (χ2n) is 13.1. The summed E-state index contributed by atoms with van der Waals surface area (Å²) in [6.07, 6.45) is 0. The van der Waals surface area contributed by atoms with Gasteiger partial charge in [0, 0.05) is 5.41 Å². The maximum Gasteiger partial charge on any atom is 0.0159 e. The fraction of sp³-hybridized carbons (Fsp3) is 0.136. The van der Waals surface area contributed by atoms with E-state index in [1.54, 1.807) is 0 Å². The van der Waals surface area contributed by atoms with Crippen LogP contribution in [0.5, 0.6) is 0 Å². The first-order valence-electron chi connectivity index (χ1n) is 15.7. The lowest BCUT2D eigenvalue weighted by atomic mass is 9.80. The molecular formula is C44H36. The Balaban J connectivity index is 1.56. The molecule has 7 aromatic carbocycles. The highest BCUT2D eigenvalue weighted by molar-refractivity contribution is 6.23. The first-order chi connectivity index (χ1) is 21.3. The monoisotopic (exact) mass is 564 g/mol. The van der Waals surface area contributed by atoms with Gasteiger partial charge in [-0.25, -0.2) is 0 Å². The van der Waals surface area contributed by atoms with Gasteiger partial charge < -0.3 is 0 Å². The third-order valence-corrected chi connectivity index (χ3v) is 10.2. The quantitative estimate of drug-likeness (QED) is 0.187. The van der Waals surface area contributed by atoms with Crippen LogP contribution in [0, 0.1) is 20.8 Å². The van der Waals surface area contributed by atoms with E-state index in [1.165, 1.54) is 93.9 Å².